The van der Waals surface area contributed by atoms with Crippen LogP contribution < -0.4 is 4.72 Å². The summed E-state index contributed by atoms with van der Waals surface area (Å²) in [7, 11) is 1.08. The number of nitrogens with one attached hydrogen (secondary N) is 1. The molecule has 0 aliphatic carbocycles. The van der Waals surface area contributed by atoms with Gasteiger partial charge in [-0.25, -0.2) is 8.93 Å². The molecule has 5 heteroatoms. The van der Waals surface area contributed by atoms with Crippen molar-refractivity contribution in [2.75, 3.05) is 20.1 Å². The van der Waals surface area contributed by atoms with E-state index in [1.165, 1.54) is 0 Å². The van der Waals surface area contributed by atoms with Crippen molar-refractivity contribution in [2.24, 2.45) is 5.92 Å². The highest BCUT2D eigenvalue weighted by atomic mass is 32.2. The van der Waals surface area contributed by atoms with Crippen LogP contribution in [0.15, 0.2) is 18.3 Å². The number of pyridine rings is 1. The Balaban J connectivity index is 2.20. The van der Waals surface area contributed by atoms with Crippen LogP contribution in [0.5, 0.6) is 0 Å². The Kier molecular flexibility index (Phi) is 5.75. The van der Waals surface area contributed by atoms with Gasteiger partial charge >= 0.3 is 0 Å². The molecule has 1 aliphatic rings. The smallest absolute Gasteiger partial charge is 0.0976 e. The molecule has 1 fully saturated rings. The lowest BCUT2D eigenvalue weighted by Gasteiger charge is -2.35. The maximum Gasteiger partial charge on any atom is 0.0976 e. The third kappa shape index (κ3) is 4.61. The van der Waals surface area contributed by atoms with Crippen molar-refractivity contribution in [3.8, 4) is 0 Å². The Morgan fingerprint density at radius 1 is 1.32 bits per heavy atom. The first-order valence-electron chi connectivity index (χ1n) is 8.06. The predicted octanol–water partition coefficient (Wildman–Crippen LogP) is 2.82. The number of aryl methyl sites for hydroxylation is 1. The van der Waals surface area contributed by atoms with Gasteiger partial charge in [-0.1, -0.05) is 6.07 Å². The minimum atomic E-state index is -1.09. The lowest BCUT2D eigenvalue weighted by Crippen LogP contribution is -2.42. The van der Waals surface area contributed by atoms with Crippen molar-refractivity contribution >= 4 is 11.0 Å². The van der Waals surface area contributed by atoms with Gasteiger partial charge in [0.25, 0.3) is 0 Å². The predicted molar refractivity (Wildman–Crippen MR) is 93.0 cm³/mol. The van der Waals surface area contributed by atoms with Crippen molar-refractivity contribution in [3.63, 3.8) is 0 Å². The summed E-state index contributed by atoms with van der Waals surface area (Å²) >= 11 is 0. The Morgan fingerprint density at radius 2 is 1.95 bits per heavy atom. The SMILES string of the molecule is Cc1ccc(C(NS(=O)C(C)(C)C)C2CCN(C)CC2)nc1. The molecule has 1 aromatic rings. The molecule has 0 saturated carbocycles. The van der Waals surface area contributed by atoms with Crippen LogP contribution in [0.3, 0.4) is 0 Å². The lowest BCUT2D eigenvalue weighted by molar-refractivity contribution is 0.192. The van der Waals surface area contributed by atoms with Gasteiger partial charge in [-0.2, -0.15) is 0 Å². The molecule has 2 atom stereocenters. The van der Waals surface area contributed by atoms with Crippen molar-refractivity contribution < 1.29 is 4.21 Å². The van der Waals surface area contributed by atoms with E-state index < -0.39 is 11.0 Å². The van der Waals surface area contributed by atoms with E-state index in [-0.39, 0.29) is 10.8 Å². The Hall–Kier alpha value is -0.780. The van der Waals surface area contributed by atoms with Crippen LogP contribution in [0.2, 0.25) is 0 Å². The Bertz CT molecular complexity index is 502. The number of rotatable bonds is 4. The number of nitrogens with zero attached hydrogens (tertiary/aromatic N) is 2. The molecule has 1 aliphatic heterocycles. The minimum Gasteiger partial charge on any atom is -0.306 e. The lowest BCUT2D eigenvalue weighted by atomic mass is 9.88. The summed E-state index contributed by atoms with van der Waals surface area (Å²) in [5.74, 6) is 0.484. The van der Waals surface area contributed by atoms with Crippen molar-refractivity contribution in [1.29, 1.82) is 0 Å². The molecular formula is C17H29N3OS. The van der Waals surface area contributed by atoms with Crippen LogP contribution in [0.25, 0.3) is 0 Å². The molecule has 1 aromatic heterocycles. The second kappa shape index (κ2) is 7.20. The molecule has 1 saturated heterocycles. The summed E-state index contributed by atoms with van der Waals surface area (Å²) in [6, 6.07) is 4.23. The monoisotopic (exact) mass is 323 g/mol. The summed E-state index contributed by atoms with van der Waals surface area (Å²) in [4.78, 5) is 6.96. The van der Waals surface area contributed by atoms with Crippen LogP contribution in [0.4, 0.5) is 0 Å². The van der Waals surface area contributed by atoms with Gasteiger partial charge in [0, 0.05) is 6.20 Å². The van der Waals surface area contributed by atoms with Crippen LogP contribution in [-0.2, 0) is 11.0 Å². The van der Waals surface area contributed by atoms with Crippen molar-refractivity contribution in [1.82, 2.24) is 14.6 Å². The molecule has 2 rings (SSSR count). The summed E-state index contributed by atoms with van der Waals surface area (Å²) in [5, 5.41) is 0. The van der Waals surface area contributed by atoms with Crippen molar-refractivity contribution in [3.05, 3.63) is 29.6 Å². The topological polar surface area (TPSA) is 45.2 Å². The highest BCUT2D eigenvalue weighted by Gasteiger charge is 2.31. The van der Waals surface area contributed by atoms with Gasteiger partial charge < -0.3 is 4.90 Å². The molecule has 1 N–H and O–H groups in total. The summed E-state index contributed by atoms with van der Waals surface area (Å²) in [5.41, 5.74) is 2.17. The zero-order chi connectivity index (χ0) is 16.3. The first-order chi connectivity index (χ1) is 10.3. The number of hydrogen-bond acceptors (Lipinski definition) is 3. The molecule has 0 bridgehead atoms. The van der Waals surface area contributed by atoms with Crippen molar-refractivity contribution in [2.45, 2.75) is 51.3 Å². The first kappa shape index (κ1) is 17.6. The largest absolute Gasteiger partial charge is 0.306 e. The third-order valence-electron chi connectivity index (χ3n) is 4.28. The molecule has 22 heavy (non-hydrogen) atoms. The zero-order valence-corrected chi connectivity index (χ0v) is 15.2. The van der Waals surface area contributed by atoms with Gasteiger partial charge in [-0.15, -0.1) is 0 Å². The van der Waals surface area contributed by atoms with Gasteiger partial charge in [-0.05, 0) is 78.2 Å². The second-order valence-electron chi connectivity index (χ2n) is 7.38. The average Bonchev–Trinajstić information content (AvgIpc) is 2.46. The molecule has 2 unspecified atom stereocenters. The Morgan fingerprint density at radius 3 is 2.45 bits per heavy atom. The molecule has 2 heterocycles. The zero-order valence-electron chi connectivity index (χ0n) is 14.4. The maximum absolute atomic E-state index is 12.6. The molecule has 0 amide bonds. The van der Waals surface area contributed by atoms with Crippen LogP contribution in [0, 0.1) is 12.8 Å². The average molecular weight is 324 g/mol. The van der Waals surface area contributed by atoms with E-state index in [0.29, 0.717) is 5.92 Å². The van der Waals surface area contributed by atoms with Gasteiger partial charge in [0.1, 0.15) is 0 Å². The maximum atomic E-state index is 12.6. The number of hydrogen-bond donors (Lipinski definition) is 1. The fourth-order valence-corrected chi connectivity index (χ4v) is 3.61. The van der Waals surface area contributed by atoms with Gasteiger partial charge in [-0.3, -0.25) is 4.98 Å². The molecule has 124 valence electrons. The van der Waals surface area contributed by atoms with E-state index in [0.717, 1.165) is 37.2 Å². The number of likely N-dealkylation sites (tertiary alicyclic amines) is 1. The van der Waals surface area contributed by atoms with E-state index in [1.54, 1.807) is 0 Å². The summed E-state index contributed by atoms with van der Waals surface area (Å²) < 4.78 is 15.7. The summed E-state index contributed by atoms with van der Waals surface area (Å²) in [6.45, 7) is 10.2. The van der Waals surface area contributed by atoms with Gasteiger partial charge in [0.2, 0.25) is 0 Å². The van der Waals surface area contributed by atoms with Crippen LogP contribution >= 0.6 is 0 Å². The number of piperidine rings is 1. The van der Waals surface area contributed by atoms with E-state index in [9.17, 15) is 4.21 Å². The Labute approximate surface area is 137 Å². The third-order valence-corrected chi connectivity index (χ3v) is 5.86. The van der Waals surface area contributed by atoms with Gasteiger partial charge in [0.05, 0.1) is 27.5 Å². The molecule has 0 aromatic carbocycles. The first-order valence-corrected chi connectivity index (χ1v) is 9.21. The fraction of sp³-hybridized carbons (Fsp3) is 0.706. The molecule has 0 spiro atoms. The minimum absolute atomic E-state index is 0.0642. The quantitative estimate of drug-likeness (QED) is 0.927. The van der Waals surface area contributed by atoms with E-state index in [2.05, 4.69) is 33.8 Å². The molecular weight excluding hydrogens is 294 g/mol. The van der Waals surface area contributed by atoms with Crippen LogP contribution in [-0.4, -0.2) is 39.0 Å². The van der Waals surface area contributed by atoms with E-state index in [4.69, 9.17) is 0 Å². The second-order valence-corrected chi connectivity index (χ2v) is 9.38. The van der Waals surface area contributed by atoms with Gasteiger partial charge in [0.15, 0.2) is 0 Å². The molecule has 0 radical (unpaired) electrons. The standard InChI is InChI=1S/C17H29N3OS/c1-13-6-7-15(18-12-13)16(19-22(21)17(2,3)4)14-8-10-20(5)11-9-14/h6-7,12,14,16,19H,8-11H2,1-5H3. The summed E-state index contributed by atoms with van der Waals surface area (Å²) in [6.07, 6.45) is 4.13. The fourth-order valence-electron chi connectivity index (χ4n) is 2.72. The normalized spacial score (nSPS) is 20.8. The molecule has 4 nitrogen and oxygen atoms in total. The number of aromatic nitrogens is 1. The highest BCUT2D eigenvalue weighted by Crippen LogP contribution is 2.31. The van der Waals surface area contributed by atoms with Crippen LogP contribution in [0.1, 0.15) is 50.9 Å². The van der Waals surface area contributed by atoms with E-state index in [1.807, 2.05) is 33.9 Å². The van der Waals surface area contributed by atoms with E-state index >= 15 is 0 Å². The highest BCUT2D eigenvalue weighted by molar-refractivity contribution is 7.84.